The quantitative estimate of drug-likeness (QED) is 0.909. The van der Waals surface area contributed by atoms with Gasteiger partial charge in [-0.2, -0.15) is 0 Å². The lowest BCUT2D eigenvalue weighted by Crippen LogP contribution is -2.25. The summed E-state index contributed by atoms with van der Waals surface area (Å²) in [5, 5.41) is 0. The molecule has 1 unspecified atom stereocenters. The smallest absolute Gasteiger partial charge is 0.213 e. The summed E-state index contributed by atoms with van der Waals surface area (Å²) >= 11 is 0. The summed E-state index contributed by atoms with van der Waals surface area (Å²) in [6.45, 7) is 3.56. The SMILES string of the molecule is COc1ccc2ncc(F)c(CCN3CCC(CN)C3)c2n1. The van der Waals surface area contributed by atoms with E-state index >= 15 is 0 Å². The third kappa shape index (κ3) is 3.03. The van der Waals surface area contributed by atoms with Crippen LogP contribution in [-0.4, -0.2) is 48.2 Å². The number of pyridine rings is 2. The van der Waals surface area contributed by atoms with E-state index in [1.165, 1.54) is 6.20 Å². The van der Waals surface area contributed by atoms with Crippen LogP contribution in [0.5, 0.6) is 5.88 Å². The van der Waals surface area contributed by atoms with E-state index in [9.17, 15) is 4.39 Å². The van der Waals surface area contributed by atoms with Crippen LogP contribution in [0, 0.1) is 11.7 Å². The van der Waals surface area contributed by atoms with Gasteiger partial charge in [0.15, 0.2) is 0 Å². The first-order valence-corrected chi connectivity index (χ1v) is 7.61. The number of nitrogens with two attached hydrogens (primary N) is 1. The predicted molar refractivity (Wildman–Crippen MR) is 83.4 cm³/mol. The monoisotopic (exact) mass is 304 g/mol. The van der Waals surface area contributed by atoms with E-state index in [2.05, 4.69) is 14.9 Å². The summed E-state index contributed by atoms with van der Waals surface area (Å²) in [6, 6.07) is 3.55. The van der Waals surface area contributed by atoms with Gasteiger partial charge in [-0.25, -0.2) is 9.37 Å². The third-order valence-corrected chi connectivity index (χ3v) is 4.33. The third-order valence-electron chi connectivity index (χ3n) is 4.33. The molecule has 2 aromatic rings. The van der Waals surface area contributed by atoms with E-state index in [0.717, 1.165) is 32.6 Å². The molecule has 0 aromatic carbocycles. The zero-order valence-corrected chi connectivity index (χ0v) is 12.8. The predicted octanol–water partition coefficient (Wildman–Crippen LogP) is 1.60. The number of aromatic nitrogens is 2. The van der Waals surface area contributed by atoms with Crippen LogP contribution in [0.25, 0.3) is 11.0 Å². The normalized spacial score (nSPS) is 19.0. The fourth-order valence-corrected chi connectivity index (χ4v) is 3.01. The molecular weight excluding hydrogens is 283 g/mol. The molecule has 0 amide bonds. The Morgan fingerprint density at radius 3 is 3.05 bits per heavy atom. The second-order valence-electron chi connectivity index (χ2n) is 5.75. The number of ether oxygens (including phenoxy) is 1. The summed E-state index contributed by atoms with van der Waals surface area (Å²) in [4.78, 5) is 10.8. The molecule has 1 atom stereocenters. The number of methoxy groups -OCH3 is 1. The Morgan fingerprint density at radius 1 is 1.45 bits per heavy atom. The maximum absolute atomic E-state index is 14.2. The van der Waals surface area contributed by atoms with Gasteiger partial charge < -0.3 is 15.4 Å². The Bertz CT molecular complexity index is 664. The minimum Gasteiger partial charge on any atom is -0.481 e. The zero-order chi connectivity index (χ0) is 15.5. The van der Waals surface area contributed by atoms with Crippen molar-refractivity contribution in [2.24, 2.45) is 11.7 Å². The molecule has 1 fully saturated rings. The standard InChI is InChI=1S/C16H21FN4O/c1-22-15-3-2-14-16(20-15)12(13(17)9-19-14)5-7-21-6-4-11(8-18)10-21/h2-3,9,11H,4-8,10,18H2,1H3. The minimum atomic E-state index is -0.303. The van der Waals surface area contributed by atoms with E-state index in [-0.39, 0.29) is 5.82 Å². The number of likely N-dealkylation sites (tertiary alicyclic amines) is 1. The first kappa shape index (κ1) is 15.1. The second kappa shape index (κ2) is 6.54. The fourth-order valence-electron chi connectivity index (χ4n) is 3.01. The molecule has 0 radical (unpaired) electrons. The van der Waals surface area contributed by atoms with Gasteiger partial charge in [-0.05, 0) is 37.9 Å². The van der Waals surface area contributed by atoms with Crippen LogP contribution in [-0.2, 0) is 6.42 Å². The topological polar surface area (TPSA) is 64.3 Å². The molecule has 1 aliphatic heterocycles. The van der Waals surface area contributed by atoms with Crippen molar-refractivity contribution in [3.63, 3.8) is 0 Å². The van der Waals surface area contributed by atoms with E-state index in [1.807, 2.05) is 6.07 Å². The molecule has 0 spiro atoms. The number of nitrogens with zero attached hydrogens (tertiary/aromatic N) is 3. The first-order chi connectivity index (χ1) is 10.7. The Hall–Kier alpha value is -1.79. The number of fused-ring (bicyclic) bond motifs is 1. The van der Waals surface area contributed by atoms with E-state index in [4.69, 9.17) is 10.5 Å². The highest BCUT2D eigenvalue weighted by atomic mass is 19.1. The maximum atomic E-state index is 14.2. The van der Waals surface area contributed by atoms with Crippen LogP contribution in [0.4, 0.5) is 4.39 Å². The summed E-state index contributed by atoms with van der Waals surface area (Å²) < 4.78 is 19.3. The van der Waals surface area contributed by atoms with Gasteiger partial charge in [0.05, 0.1) is 24.3 Å². The maximum Gasteiger partial charge on any atom is 0.213 e. The van der Waals surface area contributed by atoms with Crippen LogP contribution in [0.15, 0.2) is 18.3 Å². The van der Waals surface area contributed by atoms with Crippen molar-refractivity contribution < 1.29 is 9.13 Å². The lowest BCUT2D eigenvalue weighted by molar-refractivity contribution is 0.328. The Kier molecular flexibility index (Phi) is 4.49. The summed E-state index contributed by atoms with van der Waals surface area (Å²) in [7, 11) is 1.55. The van der Waals surface area contributed by atoms with Gasteiger partial charge in [0.25, 0.3) is 0 Å². The van der Waals surface area contributed by atoms with Gasteiger partial charge in [-0.1, -0.05) is 0 Å². The minimum absolute atomic E-state index is 0.303. The second-order valence-corrected chi connectivity index (χ2v) is 5.75. The lowest BCUT2D eigenvalue weighted by Gasteiger charge is -2.16. The fraction of sp³-hybridized carbons (Fsp3) is 0.500. The van der Waals surface area contributed by atoms with Crippen LogP contribution in [0.2, 0.25) is 0 Å². The Labute approximate surface area is 129 Å². The zero-order valence-electron chi connectivity index (χ0n) is 12.8. The average Bonchev–Trinajstić information content (AvgIpc) is 3.01. The highest BCUT2D eigenvalue weighted by Gasteiger charge is 2.21. The van der Waals surface area contributed by atoms with Crippen molar-refractivity contribution in [3.8, 4) is 5.88 Å². The molecule has 2 aromatic heterocycles. The van der Waals surface area contributed by atoms with E-state index in [0.29, 0.717) is 34.8 Å². The van der Waals surface area contributed by atoms with Crippen molar-refractivity contribution in [2.75, 3.05) is 33.3 Å². The molecule has 1 aliphatic rings. The molecule has 3 heterocycles. The molecule has 22 heavy (non-hydrogen) atoms. The number of hydrogen-bond donors (Lipinski definition) is 1. The van der Waals surface area contributed by atoms with Crippen molar-refractivity contribution in [1.82, 2.24) is 14.9 Å². The summed E-state index contributed by atoms with van der Waals surface area (Å²) in [5.74, 6) is 0.741. The van der Waals surface area contributed by atoms with E-state index in [1.54, 1.807) is 13.2 Å². The molecule has 1 saturated heterocycles. The largest absolute Gasteiger partial charge is 0.481 e. The highest BCUT2D eigenvalue weighted by Crippen LogP contribution is 2.22. The van der Waals surface area contributed by atoms with Gasteiger partial charge in [0.1, 0.15) is 5.82 Å². The number of rotatable bonds is 5. The lowest BCUT2D eigenvalue weighted by atomic mass is 10.1. The van der Waals surface area contributed by atoms with Crippen molar-refractivity contribution in [2.45, 2.75) is 12.8 Å². The van der Waals surface area contributed by atoms with Crippen molar-refractivity contribution in [3.05, 3.63) is 29.7 Å². The molecule has 0 saturated carbocycles. The first-order valence-electron chi connectivity index (χ1n) is 7.61. The molecule has 5 nitrogen and oxygen atoms in total. The van der Waals surface area contributed by atoms with Gasteiger partial charge in [0.2, 0.25) is 5.88 Å². The Morgan fingerprint density at radius 2 is 2.32 bits per heavy atom. The van der Waals surface area contributed by atoms with Gasteiger partial charge >= 0.3 is 0 Å². The Balaban J connectivity index is 1.81. The van der Waals surface area contributed by atoms with Crippen LogP contribution in [0.3, 0.4) is 0 Å². The van der Waals surface area contributed by atoms with Crippen LogP contribution >= 0.6 is 0 Å². The van der Waals surface area contributed by atoms with Crippen molar-refractivity contribution >= 4 is 11.0 Å². The highest BCUT2D eigenvalue weighted by molar-refractivity contribution is 5.78. The molecule has 118 valence electrons. The number of halogens is 1. The van der Waals surface area contributed by atoms with Gasteiger partial charge in [-0.15, -0.1) is 0 Å². The molecule has 2 N–H and O–H groups in total. The van der Waals surface area contributed by atoms with Gasteiger partial charge in [0, 0.05) is 24.7 Å². The number of hydrogen-bond acceptors (Lipinski definition) is 5. The molecule has 0 bridgehead atoms. The van der Waals surface area contributed by atoms with E-state index < -0.39 is 0 Å². The molecule has 0 aliphatic carbocycles. The molecular formula is C16H21FN4O. The van der Waals surface area contributed by atoms with Crippen LogP contribution < -0.4 is 10.5 Å². The molecule has 6 heteroatoms. The summed E-state index contributed by atoms with van der Waals surface area (Å²) in [5.41, 5.74) is 7.61. The molecule has 3 rings (SSSR count). The van der Waals surface area contributed by atoms with Crippen LogP contribution in [0.1, 0.15) is 12.0 Å². The van der Waals surface area contributed by atoms with Gasteiger partial charge in [-0.3, -0.25) is 4.98 Å². The van der Waals surface area contributed by atoms with Crippen molar-refractivity contribution in [1.29, 1.82) is 0 Å². The average molecular weight is 304 g/mol. The summed E-state index contributed by atoms with van der Waals surface area (Å²) in [6.07, 6.45) is 3.02.